The molecule has 1 atom stereocenters. The molecule has 0 spiro atoms. The van der Waals surface area contributed by atoms with Crippen molar-refractivity contribution in [2.75, 3.05) is 5.32 Å². The molecule has 2 N–H and O–H groups in total. The van der Waals surface area contributed by atoms with Gasteiger partial charge in [-0.15, -0.1) is 0 Å². The number of aromatic nitrogens is 2. The predicted molar refractivity (Wildman–Crippen MR) is 81.0 cm³/mol. The van der Waals surface area contributed by atoms with Crippen molar-refractivity contribution in [1.82, 2.24) is 9.97 Å². The molecule has 0 aliphatic carbocycles. The summed E-state index contributed by atoms with van der Waals surface area (Å²) in [4.78, 5) is 17.6. The van der Waals surface area contributed by atoms with Crippen LogP contribution in [0.25, 0.3) is 0 Å². The fourth-order valence-corrected chi connectivity index (χ4v) is 2.27. The second-order valence-electron chi connectivity index (χ2n) is 4.12. The number of anilines is 1. The number of hydrogen-bond acceptors (Lipinski definition) is 4. The second-order valence-corrected chi connectivity index (χ2v) is 5.28. The van der Waals surface area contributed by atoms with Crippen molar-refractivity contribution in [3.05, 3.63) is 49.9 Å². The minimum atomic E-state index is -0.529. The van der Waals surface area contributed by atoms with Gasteiger partial charge in [0.25, 0.3) is 5.69 Å². The van der Waals surface area contributed by atoms with Crippen molar-refractivity contribution >= 4 is 34.0 Å². The quantitative estimate of drug-likeness (QED) is 0.464. The first kappa shape index (κ1) is 14.7. The summed E-state index contributed by atoms with van der Waals surface area (Å²) in [6.45, 7) is 1.91. The van der Waals surface area contributed by atoms with Gasteiger partial charge in [-0.3, -0.25) is 10.1 Å². The molecule has 2 aromatic rings. The van der Waals surface area contributed by atoms with E-state index in [2.05, 4.69) is 15.3 Å². The number of imidazole rings is 1. The minimum absolute atomic E-state index is 0.149. The Morgan fingerprint density at radius 1 is 1.60 bits per heavy atom. The van der Waals surface area contributed by atoms with Gasteiger partial charge in [0.05, 0.1) is 14.5 Å². The Balaban J connectivity index is 2.37. The van der Waals surface area contributed by atoms with E-state index in [0.717, 1.165) is 6.07 Å². The summed E-state index contributed by atoms with van der Waals surface area (Å²) in [5.74, 6) is 0.161. The van der Waals surface area contributed by atoms with Crippen LogP contribution < -0.4 is 5.32 Å². The van der Waals surface area contributed by atoms with E-state index in [4.69, 9.17) is 0 Å². The number of nitro groups is 1. The van der Waals surface area contributed by atoms with Crippen LogP contribution in [0.2, 0.25) is 0 Å². The van der Waals surface area contributed by atoms with Gasteiger partial charge in [-0.05, 0) is 29.0 Å². The molecule has 0 amide bonds. The van der Waals surface area contributed by atoms with E-state index in [1.807, 2.05) is 6.92 Å². The number of nitro benzene ring substituents is 1. The number of aromatic amines is 1. The molecule has 0 radical (unpaired) electrons. The molecule has 8 heteroatoms. The number of nitrogens with zero attached hydrogens (tertiary/aromatic N) is 2. The monoisotopic (exact) mass is 390 g/mol. The fraction of sp³-hybridized carbons (Fsp3) is 0.250. The molecule has 0 bridgehead atoms. The molecule has 0 aliphatic rings. The molecule has 1 unspecified atom stereocenters. The SMILES string of the molecule is CCC(Nc1cc(F)c(I)cc1[N+](=O)[O-])c1ncc[nH]1. The standard InChI is InChI=1S/C12H12FIN4O2/c1-2-9(12-15-3-4-16-12)17-10-5-7(13)8(14)6-11(10)18(19)20/h3-6,9,17H,2H2,1H3,(H,15,16). The molecule has 1 heterocycles. The average Bonchev–Trinajstić information content (AvgIpc) is 2.93. The van der Waals surface area contributed by atoms with E-state index in [1.165, 1.54) is 6.07 Å². The van der Waals surface area contributed by atoms with Gasteiger partial charge >= 0.3 is 0 Å². The van der Waals surface area contributed by atoms with E-state index in [1.54, 1.807) is 35.0 Å². The Morgan fingerprint density at radius 2 is 2.35 bits per heavy atom. The largest absolute Gasteiger partial charge is 0.370 e. The van der Waals surface area contributed by atoms with Crippen LogP contribution in [0.1, 0.15) is 25.2 Å². The van der Waals surface area contributed by atoms with Crippen molar-refractivity contribution < 1.29 is 9.31 Å². The van der Waals surface area contributed by atoms with Crippen LogP contribution in [-0.2, 0) is 0 Å². The lowest BCUT2D eigenvalue weighted by atomic mass is 10.2. The zero-order valence-electron chi connectivity index (χ0n) is 10.6. The van der Waals surface area contributed by atoms with Crippen LogP contribution in [0.3, 0.4) is 0 Å². The van der Waals surface area contributed by atoms with Crippen molar-refractivity contribution in [2.45, 2.75) is 19.4 Å². The topological polar surface area (TPSA) is 83.8 Å². The number of hydrogen-bond donors (Lipinski definition) is 2. The Labute approximate surface area is 128 Å². The normalized spacial score (nSPS) is 12.2. The third-order valence-corrected chi connectivity index (χ3v) is 3.65. The highest BCUT2D eigenvalue weighted by atomic mass is 127. The van der Waals surface area contributed by atoms with Gasteiger partial charge in [-0.25, -0.2) is 9.37 Å². The highest BCUT2D eigenvalue weighted by Crippen LogP contribution is 2.31. The first-order chi connectivity index (χ1) is 9.52. The van der Waals surface area contributed by atoms with Crippen LogP contribution in [-0.4, -0.2) is 14.9 Å². The number of benzene rings is 1. The molecular formula is C12H12FIN4O2. The van der Waals surface area contributed by atoms with E-state index in [-0.39, 0.29) is 21.0 Å². The summed E-state index contributed by atoms with van der Waals surface area (Å²) < 4.78 is 13.8. The highest BCUT2D eigenvalue weighted by Gasteiger charge is 2.21. The summed E-state index contributed by atoms with van der Waals surface area (Å²) in [7, 11) is 0. The van der Waals surface area contributed by atoms with Gasteiger partial charge in [0.1, 0.15) is 17.3 Å². The minimum Gasteiger partial charge on any atom is -0.370 e. The van der Waals surface area contributed by atoms with Crippen LogP contribution in [0.15, 0.2) is 24.5 Å². The summed E-state index contributed by atoms with van der Waals surface area (Å²) >= 11 is 1.73. The molecule has 0 saturated carbocycles. The average molecular weight is 390 g/mol. The van der Waals surface area contributed by atoms with E-state index in [9.17, 15) is 14.5 Å². The third kappa shape index (κ3) is 3.06. The van der Waals surface area contributed by atoms with Gasteiger partial charge in [0.2, 0.25) is 0 Å². The molecule has 0 aliphatic heterocycles. The number of rotatable bonds is 5. The van der Waals surface area contributed by atoms with E-state index < -0.39 is 10.7 Å². The summed E-state index contributed by atoms with van der Waals surface area (Å²) in [5, 5.41) is 14.0. The highest BCUT2D eigenvalue weighted by molar-refractivity contribution is 14.1. The fourth-order valence-electron chi connectivity index (χ4n) is 1.82. The lowest BCUT2D eigenvalue weighted by Crippen LogP contribution is -2.13. The number of halogens is 2. The van der Waals surface area contributed by atoms with Crippen LogP contribution >= 0.6 is 22.6 Å². The van der Waals surface area contributed by atoms with Gasteiger partial charge in [0, 0.05) is 24.5 Å². The molecule has 20 heavy (non-hydrogen) atoms. The molecule has 6 nitrogen and oxygen atoms in total. The molecule has 0 fully saturated rings. The van der Waals surface area contributed by atoms with Gasteiger partial charge in [-0.1, -0.05) is 6.92 Å². The maximum absolute atomic E-state index is 13.6. The molecule has 2 rings (SSSR count). The smallest absolute Gasteiger partial charge is 0.293 e. The molecule has 106 valence electrons. The van der Waals surface area contributed by atoms with Crippen LogP contribution in [0.5, 0.6) is 0 Å². The van der Waals surface area contributed by atoms with Crippen molar-refractivity contribution in [3.8, 4) is 0 Å². The molecule has 0 saturated heterocycles. The molecule has 1 aromatic heterocycles. The number of nitrogens with one attached hydrogen (secondary N) is 2. The Bertz CT molecular complexity index is 618. The first-order valence-electron chi connectivity index (χ1n) is 5.92. The zero-order valence-corrected chi connectivity index (χ0v) is 12.7. The maximum Gasteiger partial charge on any atom is 0.293 e. The number of H-pyrrole nitrogens is 1. The summed E-state index contributed by atoms with van der Waals surface area (Å²) in [6.07, 6.45) is 3.92. The van der Waals surface area contributed by atoms with E-state index >= 15 is 0 Å². The maximum atomic E-state index is 13.6. The summed E-state index contributed by atoms with van der Waals surface area (Å²) in [6, 6.07) is 2.11. The lowest BCUT2D eigenvalue weighted by molar-refractivity contribution is -0.384. The molecule has 1 aromatic carbocycles. The van der Waals surface area contributed by atoms with Crippen LogP contribution in [0.4, 0.5) is 15.8 Å². The lowest BCUT2D eigenvalue weighted by Gasteiger charge is -2.16. The second kappa shape index (κ2) is 6.16. The Morgan fingerprint density at radius 3 is 2.90 bits per heavy atom. The zero-order chi connectivity index (χ0) is 14.7. The van der Waals surface area contributed by atoms with Crippen molar-refractivity contribution in [3.63, 3.8) is 0 Å². The van der Waals surface area contributed by atoms with Gasteiger partial charge in [-0.2, -0.15) is 0 Å². The Kier molecular flexibility index (Phi) is 4.53. The van der Waals surface area contributed by atoms with Crippen molar-refractivity contribution in [2.24, 2.45) is 0 Å². The van der Waals surface area contributed by atoms with Crippen LogP contribution in [0, 0.1) is 19.5 Å². The van der Waals surface area contributed by atoms with Gasteiger partial charge < -0.3 is 10.3 Å². The van der Waals surface area contributed by atoms with E-state index in [0.29, 0.717) is 12.2 Å². The van der Waals surface area contributed by atoms with Crippen molar-refractivity contribution in [1.29, 1.82) is 0 Å². The first-order valence-corrected chi connectivity index (χ1v) is 7.00. The summed E-state index contributed by atoms with van der Waals surface area (Å²) in [5.41, 5.74) is -0.00280. The predicted octanol–water partition coefficient (Wildman–Crippen LogP) is 3.62. The molecular weight excluding hydrogens is 378 g/mol. The Hall–Kier alpha value is -1.71. The van der Waals surface area contributed by atoms with Gasteiger partial charge in [0.15, 0.2) is 0 Å². The third-order valence-electron chi connectivity index (χ3n) is 2.82.